The zero-order valence-corrected chi connectivity index (χ0v) is 25.1. The minimum atomic E-state index is -0.378. The number of hydrogen-bond acceptors (Lipinski definition) is 6. The summed E-state index contributed by atoms with van der Waals surface area (Å²) in [4.78, 5) is 28.7. The van der Waals surface area contributed by atoms with Crippen LogP contribution in [0.5, 0.6) is 0 Å². The Kier molecular flexibility index (Phi) is 8.54. The third kappa shape index (κ3) is 5.72. The van der Waals surface area contributed by atoms with E-state index in [9.17, 15) is 14.9 Å². The fourth-order valence-electron chi connectivity index (χ4n) is 5.84. The number of esters is 1. The molecule has 1 aromatic heterocycles. The molecule has 0 aliphatic carbocycles. The van der Waals surface area contributed by atoms with Crippen LogP contribution in [-0.4, -0.2) is 48.2 Å². The van der Waals surface area contributed by atoms with E-state index >= 15 is 0 Å². The number of nitro benzene ring substituents is 1. The van der Waals surface area contributed by atoms with E-state index in [1.54, 1.807) is 12.1 Å². The maximum atomic E-state index is 13.4. The van der Waals surface area contributed by atoms with Crippen molar-refractivity contribution in [1.29, 1.82) is 0 Å². The van der Waals surface area contributed by atoms with E-state index in [0.717, 1.165) is 65.6 Å². The minimum Gasteiger partial charge on any atom is -0.462 e. The third-order valence-electron chi connectivity index (χ3n) is 7.77. The molecule has 1 aliphatic heterocycles. The van der Waals surface area contributed by atoms with Crippen LogP contribution < -0.4 is 9.80 Å². The van der Waals surface area contributed by atoms with Crippen LogP contribution >= 0.6 is 11.6 Å². The zero-order valence-electron chi connectivity index (χ0n) is 24.3. The van der Waals surface area contributed by atoms with Crippen molar-refractivity contribution in [3.63, 3.8) is 0 Å². The van der Waals surface area contributed by atoms with Gasteiger partial charge in [-0.3, -0.25) is 10.1 Å². The Hall–Kier alpha value is -4.30. The lowest BCUT2D eigenvalue weighted by Crippen LogP contribution is -2.46. The van der Waals surface area contributed by atoms with Crippen LogP contribution in [0.1, 0.15) is 42.9 Å². The standard InChI is InChI=1S/C33H35ClN4O4/c1-5-42-33(39)30-23(4)37(22(2)3)32(24-9-11-26(34)12-10-24)31(30)25-7-6-8-29(21-25)36-19-17-35(18-20-36)27-13-15-28(16-14-27)38(40)41/h6-16,21-22H,5,17-20H2,1-4H3. The van der Waals surface area contributed by atoms with Gasteiger partial charge in [0.05, 0.1) is 22.8 Å². The molecule has 4 aromatic rings. The molecule has 9 heteroatoms. The van der Waals surface area contributed by atoms with Crippen molar-refractivity contribution < 1.29 is 14.5 Å². The van der Waals surface area contributed by atoms with Crippen LogP contribution in [0.25, 0.3) is 22.4 Å². The summed E-state index contributed by atoms with van der Waals surface area (Å²) in [6.45, 7) is 11.5. The van der Waals surface area contributed by atoms with Gasteiger partial charge in [-0.15, -0.1) is 0 Å². The second-order valence-corrected chi connectivity index (χ2v) is 11.1. The first-order chi connectivity index (χ1) is 20.2. The smallest absolute Gasteiger partial charge is 0.340 e. The van der Waals surface area contributed by atoms with Crippen LogP contribution in [0, 0.1) is 17.0 Å². The lowest BCUT2D eigenvalue weighted by Gasteiger charge is -2.37. The lowest BCUT2D eigenvalue weighted by atomic mass is 9.96. The SMILES string of the molecule is CCOC(=O)c1c(-c2cccc(N3CCN(c4ccc([N+](=O)[O-])cc4)CC3)c2)c(-c2ccc(Cl)cc2)n(C(C)C)c1C. The fourth-order valence-corrected chi connectivity index (χ4v) is 5.97. The average molecular weight is 587 g/mol. The first-order valence-electron chi connectivity index (χ1n) is 14.2. The van der Waals surface area contributed by atoms with E-state index in [1.807, 2.05) is 56.3 Å². The van der Waals surface area contributed by atoms with E-state index in [1.165, 1.54) is 0 Å². The Bertz CT molecular complexity index is 1590. The highest BCUT2D eigenvalue weighted by atomic mass is 35.5. The van der Waals surface area contributed by atoms with Gasteiger partial charge < -0.3 is 19.1 Å². The van der Waals surface area contributed by atoms with Gasteiger partial charge in [0.15, 0.2) is 0 Å². The minimum absolute atomic E-state index is 0.0934. The second-order valence-electron chi connectivity index (χ2n) is 10.7. The number of rotatable bonds is 8. The zero-order chi connectivity index (χ0) is 30.0. The molecule has 218 valence electrons. The van der Waals surface area contributed by atoms with Crippen molar-refractivity contribution in [3.05, 3.63) is 99.2 Å². The van der Waals surface area contributed by atoms with Crippen LogP contribution in [-0.2, 0) is 4.74 Å². The Balaban J connectivity index is 1.52. The van der Waals surface area contributed by atoms with Crippen LogP contribution in [0.4, 0.5) is 17.1 Å². The normalized spacial score (nSPS) is 13.5. The predicted molar refractivity (Wildman–Crippen MR) is 169 cm³/mol. The largest absolute Gasteiger partial charge is 0.462 e. The quantitative estimate of drug-likeness (QED) is 0.119. The van der Waals surface area contributed by atoms with Gasteiger partial charge in [-0.1, -0.05) is 35.9 Å². The second kappa shape index (κ2) is 12.3. The maximum absolute atomic E-state index is 13.4. The number of nitrogens with zero attached hydrogens (tertiary/aromatic N) is 4. The van der Waals surface area contributed by atoms with Gasteiger partial charge in [0, 0.05) is 72.0 Å². The molecule has 0 N–H and O–H groups in total. The van der Waals surface area contributed by atoms with Crippen LogP contribution in [0.3, 0.4) is 0 Å². The van der Waals surface area contributed by atoms with Crippen molar-refractivity contribution in [2.75, 3.05) is 42.6 Å². The monoisotopic (exact) mass is 586 g/mol. The highest BCUT2D eigenvalue weighted by Crippen LogP contribution is 2.42. The van der Waals surface area contributed by atoms with E-state index in [0.29, 0.717) is 17.2 Å². The van der Waals surface area contributed by atoms with E-state index in [4.69, 9.17) is 16.3 Å². The van der Waals surface area contributed by atoms with Gasteiger partial charge in [-0.2, -0.15) is 0 Å². The molecule has 1 saturated heterocycles. The number of non-ortho nitro benzene ring substituents is 1. The Morgan fingerprint density at radius 1 is 0.929 bits per heavy atom. The number of carbonyl (C=O) groups excluding carboxylic acids is 1. The molecule has 0 amide bonds. The summed E-state index contributed by atoms with van der Waals surface area (Å²) >= 11 is 6.25. The van der Waals surface area contributed by atoms with Crippen molar-refractivity contribution >= 4 is 34.6 Å². The lowest BCUT2D eigenvalue weighted by molar-refractivity contribution is -0.384. The fraction of sp³-hybridized carbons (Fsp3) is 0.303. The molecule has 0 spiro atoms. The number of ether oxygens (including phenoxy) is 1. The summed E-state index contributed by atoms with van der Waals surface area (Å²) in [6.07, 6.45) is 0. The molecule has 0 unspecified atom stereocenters. The molecule has 42 heavy (non-hydrogen) atoms. The molecule has 5 rings (SSSR count). The third-order valence-corrected chi connectivity index (χ3v) is 8.02. The molecule has 8 nitrogen and oxygen atoms in total. The number of carbonyl (C=O) groups is 1. The molecule has 0 radical (unpaired) electrons. The molecule has 0 saturated carbocycles. The molecule has 3 aromatic carbocycles. The maximum Gasteiger partial charge on any atom is 0.340 e. The summed E-state index contributed by atoms with van der Waals surface area (Å²) in [5.74, 6) is -0.332. The van der Waals surface area contributed by atoms with Gasteiger partial charge in [0.25, 0.3) is 5.69 Å². The van der Waals surface area contributed by atoms with Crippen molar-refractivity contribution in [2.45, 2.75) is 33.7 Å². The highest BCUT2D eigenvalue weighted by Gasteiger charge is 2.29. The van der Waals surface area contributed by atoms with Crippen molar-refractivity contribution in [2.24, 2.45) is 0 Å². The summed E-state index contributed by atoms with van der Waals surface area (Å²) in [5.41, 5.74) is 7.33. The average Bonchev–Trinajstić information content (AvgIpc) is 3.31. The number of piperazine rings is 1. The number of halogens is 1. The number of benzene rings is 3. The van der Waals surface area contributed by atoms with Crippen molar-refractivity contribution in [3.8, 4) is 22.4 Å². The first kappa shape index (κ1) is 29.2. The van der Waals surface area contributed by atoms with Crippen LogP contribution in [0.2, 0.25) is 5.02 Å². The van der Waals surface area contributed by atoms with E-state index in [2.05, 4.69) is 46.4 Å². The predicted octanol–water partition coefficient (Wildman–Crippen LogP) is 7.78. The van der Waals surface area contributed by atoms with E-state index < -0.39 is 0 Å². The molecule has 1 fully saturated rings. The summed E-state index contributed by atoms with van der Waals surface area (Å²) in [6, 6.07) is 22.9. The summed E-state index contributed by atoms with van der Waals surface area (Å²) in [7, 11) is 0. The molecule has 1 aliphatic rings. The molecule has 0 atom stereocenters. The topological polar surface area (TPSA) is 80.8 Å². The Labute approximate surface area is 251 Å². The highest BCUT2D eigenvalue weighted by molar-refractivity contribution is 6.30. The Morgan fingerprint density at radius 3 is 2.12 bits per heavy atom. The number of nitro groups is 1. The van der Waals surface area contributed by atoms with Gasteiger partial charge in [-0.05, 0) is 75.2 Å². The molecule has 0 bridgehead atoms. The van der Waals surface area contributed by atoms with Gasteiger partial charge >= 0.3 is 5.97 Å². The summed E-state index contributed by atoms with van der Waals surface area (Å²) < 4.78 is 7.78. The first-order valence-corrected chi connectivity index (χ1v) is 14.6. The summed E-state index contributed by atoms with van der Waals surface area (Å²) in [5, 5.41) is 11.7. The number of aromatic nitrogens is 1. The van der Waals surface area contributed by atoms with Gasteiger partial charge in [-0.25, -0.2) is 4.79 Å². The van der Waals surface area contributed by atoms with E-state index in [-0.39, 0.29) is 22.6 Å². The number of hydrogen-bond donors (Lipinski definition) is 0. The van der Waals surface area contributed by atoms with Crippen LogP contribution in [0.15, 0.2) is 72.8 Å². The van der Waals surface area contributed by atoms with Crippen molar-refractivity contribution in [1.82, 2.24) is 4.57 Å². The molecule has 2 heterocycles. The Morgan fingerprint density at radius 2 is 1.55 bits per heavy atom. The van der Waals surface area contributed by atoms with Gasteiger partial charge in [0.1, 0.15) is 0 Å². The molecular formula is C33H35ClN4O4. The molecular weight excluding hydrogens is 552 g/mol. The number of anilines is 2. The van der Waals surface area contributed by atoms with Gasteiger partial charge in [0.2, 0.25) is 0 Å².